The van der Waals surface area contributed by atoms with E-state index >= 15 is 0 Å². The smallest absolute Gasteiger partial charge is 0.267 e. The molecule has 4 rings (SSSR count). The van der Waals surface area contributed by atoms with Crippen LogP contribution in [0.4, 0.5) is 5.82 Å². The molecule has 1 atom stereocenters. The number of anilines is 1. The third kappa shape index (κ3) is 4.62. The first-order valence-electron chi connectivity index (χ1n) is 11.5. The van der Waals surface area contributed by atoms with Gasteiger partial charge in [0.1, 0.15) is 15.8 Å². The van der Waals surface area contributed by atoms with Crippen LogP contribution in [-0.4, -0.2) is 44.1 Å². The summed E-state index contributed by atoms with van der Waals surface area (Å²) in [6.07, 6.45) is 10.0. The van der Waals surface area contributed by atoms with Crippen LogP contribution < -0.4 is 10.5 Å². The van der Waals surface area contributed by atoms with Crippen molar-refractivity contribution >= 4 is 51.7 Å². The Hall–Kier alpha value is -2.19. The molecule has 2 aliphatic heterocycles. The predicted octanol–water partition coefficient (Wildman–Crippen LogP) is 4.71. The maximum absolute atomic E-state index is 13.4. The summed E-state index contributed by atoms with van der Waals surface area (Å²) < 4.78 is 2.12. The second kappa shape index (κ2) is 10.2. The van der Waals surface area contributed by atoms with Crippen LogP contribution in [0.25, 0.3) is 11.7 Å². The molecule has 170 valence electrons. The molecular formula is C24H30N4O2S2. The molecule has 0 bridgehead atoms. The van der Waals surface area contributed by atoms with Gasteiger partial charge in [-0.05, 0) is 43.4 Å². The molecule has 4 heterocycles. The lowest BCUT2D eigenvalue weighted by Gasteiger charge is -2.22. The summed E-state index contributed by atoms with van der Waals surface area (Å²) in [5.41, 5.74) is 0.928. The molecule has 0 aromatic carbocycles. The van der Waals surface area contributed by atoms with Crippen LogP contribution in [0.1, 0.15) is 57.9 Å². The first-order valence-corrected chi connectivity index (χ1v) is 12.8. The highest BCUT2D eigenvalue weighted by Crippen LogP contribution is 2.35. The Morgan fingerprint density at radius 3 is 2.72 bits per heavy atom. The molecule has 2 aliphatic rings. The number of nitrogens with zero attached hydrogens (tertiary/aromatic N) is 4. The minimum atomic E-state index is -0.155. The lowest BCUT2D eigenvalue weighted by molar-refractivity contribution is -0.122. The normalized spacial score (nSPS) is 19.0. The number of aromatic nitrogens is 2. The molecule has 6 nitrogen and oxygen atoms in total. The first-order chi connectivity index (χ1) is 15.5. The summed E-state index contributed by atoms with van der Waals surface area (Å²) in [6.45, 7) is 6.73. The van der Waals surface area contributed by atoms with Crippen molar-refractivity contribution < 1.29 is 4.79 Å². The van der Waals surface area contributed by atoms with E-state index in [1.54, 1.807) is 21.6 Å². The van der Waals surface area contributed by atoms with Crippen molar-refractivity contribution in [3.8, 4) is 0 Å². The average Bonchev–Trinajstić information content (AvgIpc) is 3.42. The number of carbonyl (C=O) groups is 1. The third-order valence-electron chi connectivity index (χ3n) is 6.29. The number of thiocarbonyl (C=S) groups is 1. The molecule has 0 radical (unpaired) electrons. The zero-order chi connectivity index (χ0) is 22.7. The maximum atomic E-state index is 13.4. The number of unbranched alkanes of at least 4 members (excludes halogenated alkanes) is 1. The average molecular weight is 471 g/mol. The number of pyridine rings is 1. The van der Waals surface area contributed by atoms with Crippen LogP contribution >= 0.6 is 24.0 Å². The van der Waals surface area contributed by atoms with Crippen molar-refractivity contribution in [2.24, 2.45) is 5.92 Å². The van der Waals surface area contributed by atoms with Gasteiger partial charge < -0.3 is 4.90 Å². The minimum Gasteiger partial charge on any atom is -0.356 e. The van der Waals surface area contributed by atoms with E-state index in [1.165, 1.54) is 11.8 Å². The molecule has 0 spiro atoms. The van der Waals surface area contributed by atoms with Crippen molar-refractivity contribution in [3.63, 3.8) is 0 Å². The highest BCUT2D eigenvalue weighted by atomic mass is 32.2. The topological polar surface area (TPSA) is 57.9 Å². The van der Waals surface area contributed by atoms with Gasteiger partial charge in [-0.15, -0.1) is 0 Å². The lowest BCUT2D eigenvalue weighted by atomic mass is 9.99. The van der Waals surface area contributed by atoms with Crippen LogP contribution in [0, 0.1) is 5.92 Å². The number of carbonyl (C=O) groups excluding carboxylic acids is 1. The summed E-state index contributed by atoms with van der Waals surface area (Å²) in [6, 6.07) is 5.53. The second-order valence-corrected chi connectivity index (χ2v) is 10.2. The fourth-order valence-corrected chi connectivity index (χ4v) is 5.61. The molecule has 0 N–H and O–H groups in total. The summed E-state index contributed by atoms with van der Waals surface area (Å²) in [4.78, 5) is 35.8. The summed E-state index contributed by atoms with van der Waals surface area (Å²) in [7, 11) is 0. The van der Waals surface area contributed by atoms with Gasteiger partial charge in [-0.25, -0.2) is 4.98 Å². The number of hydrogen-bond donors (Lipinski definition) is 0. The second-order valence-electron chi connectivity index (χ2n) is 8.49. The van der Waals surface area contributed by atoms with Gasteiger partial charge in [0.15, 0.2) is 0 Å². The van der Waals surface area contributed by atoms with Crippen molar-refractivity contribution in [3.05, 3.63) is 45.2 Å². The summed E-state index contributed by atoms with van der Waals surface area (Å²) >= 11 is 6.85. The maximum Gasteiger partial charge on any atom is 0.267 e. The molecular weight excluding hydrogens is 440 g/mol. The largest absolute Gasteiger partial charge is 0.356 e. The van der Waals surface area contributed by atoms with Crippen molar-refractivity contribution in [2.75, 3.05) is 24.5 Å². The number of thioether (sulfide) groups is 1. The molecule has 2 aromatic rings. The van der Waals surface area contributed by atoms with Crippen LogP contribution in [0.2, 0.25) is 0 Å². The van der Waals surface area contributed by atoms with Gasteiger partial charge in [0.2, 0.25) is 0 Å². The van der Waals surface area contributed by atoms with E-state index in [0.29, 0.717) is 38.7 Å². The number of fused-ring (bicyclic) bond motifs is 1. The Morgan fingerprint density at radius 2 is 2.00 bits per heavy atom. The van der Waals surface area contributed by atoms with E-state index in [1.807, 2.05) is 18.2 Å². The molecule has 2 saturated heterocycles. The zero-order valence-corrected chi connectivity index (χ0v) is 20.4. The Kier molecular flexibility index (Phi) is 7.30. The van der Waals surface area contributed by atoms with E-state index in [-0.39, 0.29) is 11.5 Å². The number of hydrogen-bond acceptors (Lipinski definition) is 6. The van der Waals surface area contributed by atoms with E-state index in [2.05, 4.69) is 18.7 Å². The predicted molar refractivity (Wildman–Crippen MR) is 136 cm³/mol. The Morgan fingerprint density at radius 1 is 1.22 bits per heavy atom. The monoisotopic (exact) mass is 470 g/mol. The molecule has 8 heteroatoms. The zero-order valence-electron chi connectivity index (χ0n) is 18.7. The highest BCUT2D eigenvalue weighted by Gasteiger charge is 2.34. The van der Waals surface area contributed by atoms with Crippen molar-refractivity contribution in [1.29, 1.82) is 0 Å². The van der Waals surface area contributed by atoms with Gasteiger partial charge >= 0.3 is 0 Å². The van der Waals surface area contributed by atoms with E-state index in [0.717, 1.165) is 51.6 Å². The van der Waals surface area contributed by atoms with E-state index in [4.69, 9.17) is 17.2 Å². The van der Waals surface area contributed by atoms with Crippen molar-refractivity contribution in [1.82, 2.24) is 14.3 Å². The molecule has 0 saturated carbocycles. The first kappa shape index (κ1) is 23.0. The summed E-state index contributed by atoms with van der Waals surface area (Å²) in [5.74, 6) is 1.00. The van der Waals surface area contributed by atoms with Crippen LogP contribution in [-0.2, 0) is 4.79 Å². The molecule has 32 heavy (non-hydrogen) atoms. The highest BCUT2D eigenvalue weighted by molar-refractivity contribution is 8.26. The molecule has 2 aromatic heterocycles. The van der Waals surface area contributed by atoms with Gasteiger partial charge in [0.05, 0.1) is 10.5 Å². The Bertz CT molecular complexity index is 1100. The summed E-state index contributed by atoms with van der Waals surface area (Å²) in [5, 5.41) is 0. The van der Waals surface area contributed by atoms with Gasteiger partial charge in [0, 0.05) is 25.8 Å². The van der Waals surface area contributed by atoms with Gasteiger partial charge in [-0.1, -0.05) is 63.2 Å². The van der Waals surface area contributed by atoms with Crippen LogP contribution in [0.3, 0.4) is 0 Å². The number of rotatable bonds is 8. The molecule has 2 fully saturated rings. The van der Waals surface area contributed by atoms with Crippen LogP contribution in [0.5, 0.6) is 0 Å². The van der Waals surface area contributed by atoms with Crippen LogP contribution in [0.15, 0.2) is 34.1 Å². The Labute approximate surface area is 198 Å². The fraction of sp³-hybridized carbons (Fsp3) is 0.500. The minimum absolute atomic E-state index is 0.0973. The van der Waals surface area contributed by atoms with E-state index in [9.17, 15) is 9.59 Å². The fourth-order valence-electron chi connectivity index (χ4n) is 4.35. The van der Waals surface area contributed by atoms with Gasteiger partial charge in [-0.2, -0.15) is 0 Å². The third-order valence-corrected chi connectivity index (χ3v) is 7.67. The van der Waals surface area contributed by atoms with Gasteiger partial charge in [0.25, 0.3) is 11.5 Å². The number of amides is 1. The molecule has 0 aliphatic carbocycles. The lowest BCUT2D eigenvalue weighted by Crippen LogP contribution is -2.33. The van der Waals surface area contributed by atoms with Gasteiger partial charge in [-0.3, -0.25) is 18.9 Å². The molecule has 1 amide bonds. The SMILES string of the molecule is CCCCC(CC)CN1C(=O)/C(=C/c2c(N3CCCC3)nc3ccccn3c2=O)SC1=S. The quantitative estimate of drug-likeness (QED) is 0.411. The van der Waals surface area contributed by atoms with E-state index < -0.39 is 0 Å². The Balaban J connectivity index is 1.70. The molecule has 1 unspecified atom stereocenters. The van der Waals surface area contributed by atoms with Crippen molar-refractivity contribution in [2.45, 2.75) is 52.4 Å². The standard InChI is InChI=1S/C24H30N4O2S2/c1-3-5-10-17(4-2)16-28-23(30)19(32-24(28)31)15-18-21(26-12-8-9-13-26)25-20-11-6-7-14-27(20)22(18)29/h6-7,11,14-15,17H,3-5,8-10,12-13,16H2,1-2H3/b19-15-.